The van der Waals surface area contributed by atoms with Crippen molar-refractivity contribution in [3.8, 4) is 11.4 Å². The van der Waals surface area contributed by atoms with Gasteiger partial charge in [0.05, 0.1) is 5.69 Å². The van der Waals surface area contributed by atoms with E-state index in [4.69, 9.17) is 4.74 Å². The maximum absolute atomic E-state index is 11.7. The Bertz CT molecular complexity index is 549. The Morgan fingerprint density at radius 3 is 2.57 bits per heavy atom. The Balaban J connectivity index is 1.85. The molecular formula is C14H19N5O2. The number of carbonyl (C=O) groups is 1. The molecule has 1 aromatic heterocycles. The highest BCUT2D eigenvalue weighted by atomic mass is 16.5. The molecule has 0 saturated heterocycles. The van der Waals surface area contributed by atoms with E-state index in [-0.39, 0.29) is 18.6 Å². The molecule has 0 radical (unpaired) electrons. The fourth-order valence-corrected chi connectivity index (χ4v) is 1.89. The third-order valence-corrected chi connectivity index (χ3v) is 3.17. The molecule has 2 aromatic rings. The van der Waals surface area contributed by atoms with Crippen LogP contribution in [-0.4, -0.2) is 38.8 Å². The molecule has 1 amide bonds. The largest absolute Gasteiger partial charge is 0.484 e. The fraction of sp³-hybridized carbons (Fsp3) is 0.429. The second-order valence-electron chi connectivity index (χ2n) is 4.62. The van der Waals surface area contributed by atoms with Crippen LogP contribution in [0.3, 0.4) is 0 Å². The number of amides is 1. The smallest absolute Gasteiger partial charge is 0.258 e. The first-order valence-electron chi connectivity index (χ1n) is 6.98. The number of nitrogens with one attached hydrogen (secondary N) is 1. The molecule has 0 bridgehead atoms. The van der Waals surface area contributed by atoms with Crippen molar-refractivity contribution in [2.75, 3.05) is 6.61 Å². The lowest BCUT2D eigenvalue weighted by molar-refractivity contribution is -0.123. The van der Waals surface area contributed by atoms with Gasteiger partial charge in [-0.05, 0) is 47.5 Å². The zero-order valence-electron chi connectivity index (χ0n) is 12.2. The Hall–Kier alpha value is -2.44. The number of benzene rings is 1. The van der Waals surface area contributed by atoms with Crippen molar-refractivity contribution in [3.63, 3.8) is 0 Å². The van der Waals surface area contributed by atoms with Gasteiger partial charge in [0.25, 0.3) is 5.91 Å². The van der Waals surface area contributed by atoms with Gasteiger partial charge in [-0.25, -0.2) is 4.68 Å². The zero-order chi connectivity index (χ0) is 15.1. The summed E-state index contributed by atoms with van der Waals surface area (Å²) in [6.45, 7) is 4.11. The van der Waals surface area contributed by atoms with Gasteiger partial charge in [-0.3, -0.25) is 4.79 Å². The van der Waals surface area contributed by atoms with E-state index in [0.29, 0.717) is 5.75 Å². The predicted molar refractivity (Wildman–Crippen MR) is 77.2 cm³/mol. The lowest BCUT2D eigenvalue weighted by Gasteiger charge is -2.15. The molecule has 0 unspecified atom stereocenters. The van der Waals surface area contributed by atoms with E-state index in [0.717, 1.165) is 18.5 Å². The van der Waals surface area contributed by atoms with Gasteiger partial charge < -0.3 is 10.1 Å². The van der Waals surface area contributed by atoms with Crippen LogP contribution in [0.15, 0.2) is 30.6 Å². The molecule has 0 aliphatic rings. The summed E-state index contributed by atoms with van der Waals surface area (Å²) in [6.07, 6.45) is 3.35. The topological polar surface area (TPSA) is 81.9 Å². The van der Waals surface area contributed by atoms with E-state index >= 15 is 0 Å². The van der Waals surface area contributed by atoms with Crippen molar-refractivity contribution >= 4 is 5.91 Å². The third kappa shape index (κ3) is 4.27. The van der Waals surface area contributed by atoms with E-state index < -0.39 is 0 Å². The Labute approximate surface area is 123 Å². The van der Waals surface area contributed by atoms with Gasteiger partial charge in [0.2, 0.25) is 0 Å². The minimum Gasteiger partial charge on any atom is -0.484 e. The molecule has 112 valence electrons. The fourth-order valence-electron chi connectivity index (χ4n) is 1.89. The lowest BCUT2D eigenvalue weighted by Crippen LogP contribution is -2.37. The number of tetrazole rings is 1. The van der Waals surface area contributed by atoms with Crippen molar-refractivity contribution in [3.05, 3.63) is 30.6 Å². The molecule has 0 saturated carbocycles. The Morgan fingerprint density at radius 1 is 1.29 bits per heavy atom. The Morgan fingerprint density at radius 2 is 2.00 bits per heavy atom. The molecule has 1 N–H and O–H groups in total. The zero-order valence-corrected chi connectivity index (χ0v) is 12.2. The second kappa shape index (κ2) is 7.37. The van der Waals surface area contributed by atoms with Crippen molar-refractivity contribution in [1.29, 1.82) is 0 Å². The maximum Gasteiger partial charge on any atom is 0.258 e. The van der Waals surface area contributed by atoms with Crippen molar-refractivity contribution in [1.82, 2.24) is 25.5 Å². The first-order valence-corrected chi connectivity index (χ1v) is 6.98. The minimum absolute atomic E-state index is 0.0146. The molecule has 7 nitrogen and oxygen atoms in total. The normalized spacial score (nSPS) is 10.6. The summed E-state index contributed by atoms with van der Waals surface area (Å²) in [6, 6.07) is 7.42. The molecule has 0 aliphatic heterocycles. The quantitative estimate of drug-likeness (QED) is 0.832. The van der Waals surface area contributed by atoms with E-state index in [1.165, 1.54) is 6.33 Å². The second-order valence-corrected chi connectivity index (χ2v) is 4.62. The first kappa shape index (κ1) is 15.0. The average Bonchev–Trinajstić information content (AvgIpc) is 3.05. The van der Waals surface area contributed by atoms with E-state index in [1.807, 2.05) is 26.0 Å². The number of ether oxygens (including phenoxy) is 1. The highest BCUT2D eigenvalue weighted by molar-refractivity contribution is 5.77. The van der Waals surface area contributed by atoms with E-state index in [2.05, 4.69) is 20.8 Å². The maximum atomic E-state index is 11.7. The molecule has 2 rings (SSSR count). The van der Waals surface area contributed by atoms with Crippen LogP contribution in [-0.2, 0) is 4.79 Å². The molecule has 0 aliphatic carbocycles. The van der Waals surface area contributed by atoms with E-state index in [1.54, 1.807) is 16.8 Å². The number of nitrogens with zero attached hydrogens (tertiary/aromatic N) is 4. The van der Waals surface area contributed by atoms with Gasteiger partial charge in [-0.2, -0.15) is 0 Å². The molecule has 21 heavy (non-hydrogen) atoms. The molecule has 7 heteroatoms. The van der Waals surface area contributed by atoms with Crippen LogP contribution in [0.2, 0.25) is 0 Å². The Kier molecular flexibility index (Phi) is 5.25. The van der Waals surface area contributed by atoms with Gasteiger partial charge in [0.1, 0.15) is 12.1 Å². The molecule has 0 atom stereocenters. The highest BCUT2D eigenvalue weighted by Crippen LogP contribution is 2.14. The van der Waals surface area contributed by atoms with Gasteiger partial charge in [-0.1, -0.05) is 13.8 Å². The molecule has 0 spiro atoms. The minimum atomic E-state index is -0.103. The molecular weight excluding hydrogens is 270 g/mol. The van der Waals surface area contributed by atoms with Crippen LogP contribution >= 0.6 is 0 Å². The molecule has 0 fully saturated rings. The highest BCUT2D eigenvalue weighted by Gasteiger charge is 2.08. The van der Waals surface area contributed by atoms with Gasteiger partial charge >= 0.3 is 0 Å². The van der Waals surface area contributed by atoms with Gasteiger partial charge in [0.15, 0.2) is 6.61 Å². The number of carbonyl (C=O) groups excluding carboxylic acids is 1. The first-order chi connectivity index (χ1) is 10.2. The predicted octanol–water partition coefficient (Wildman–Crippen LogP) is 1.35. The standard InChI is InChI=1S/C14H19N5O2/c1-3-11(4-2)16-14(20)9-21-13-7-5-12(6-8-13)19-10-15-17-18-19/h5-8,10-11H,3-4,9H2,1-2H3,(H,16,20). The van der Waals surface area contributed by atoms with Crippen molar-refractivity contribution in [2.45, 2.75) is 32.7 Å². The third-order valence-electron chi connectivity index (χ3n) is 3.17. The average molecular weight is 289 g/mol. The summed E-state index contributed by atoms with van der Waals surface area (Å²) >= 11 is 0. The number of rotatable bonds is 7. The molecule has 1 heterocycles. The van der Waals surface area contributed by atoms with Crippen molar-refractivity contribution < 1.29 is 9.53 Å². The van der Waals surface area contributed by atoms with Gasteiger partial charge in [-0.15, -0.1) is 5.10 Å². The summed E-state index contributed by atoms with van der Waals surface area (Å²) in [5.41, 5.74) is 0.828. The summed E-state index contributed by atoms with van der Waals surface area (Å²) < 4.78 is 7.00. The molecule has 1 aromatic carbocycles. The summed E-state index contributed by atoms with van der Waals surface area (Å²) in [5, 5.41) is 13.9. The summed E-state index contributed by atoms with van der Waals surface area (Å²) in [7, 11) is 0. The summed E-state index contributed by atoms with van der Waals surface area (Å²) in [4.78, 5) is 11.7. The van der Waals surface area contributed by atoms with Crippen LogP contribution in [0, 0.1) is 0 Å². The SMILES string of the molecule is CCC(CC)NC(=O)COc1ccc(-n2cnnn2)cc1. The van der Waals surface area contributed by atoms with Crippen LogP contribution in [0.1, 0.15) is 26.7 Å². The van der Waals surface area contributed by atoms with Crippen LogP contribution in [0.25, 0.3) is 5.69 Å². The monoisotopic (exact) mass is 289 g/mol. The van der Waals surface area contributed by atoms with Crippen molar-refractivity contribution in [2.24, 2.45) is 0 Å². The number of hydrogen-bond donors (Lipinski definition) is 1. The van der Waals surface area contributed by atoms with Crippen LogP contribution in [0.5, 0.6) is 5.75 Å². The van der Waals surface area contributed by atoms with Gasteiger partial charge in [0, 0.05) is 6.04 Å². The van der Waals surface area contributed by atoms with Crippen LogP contribution < -0.4 is 10.1 Å². The summed E-state index contributed by atoms with van der Waals surface area (Å²) in [5.74, 6) is 0.528. The number of aromatic nitrogens is 4. The number of hydrogen-bond acceptors (Lipinski definition) is 5. The van der Waals surface area contributed by atoms with E-state index in [9.17, 15) is 4.79 Å². The lowest BCUT2D eigenvalue weighted by atomic mass is 10.2. The van der Waals surface area contributed by atoms with Crippen LogP contribution in [0.4, 0.5) is 0 Å².